The summed E-state index contributed by atoms with van der Waals surface area (Å²) in [6.07, 6.45) is 5.74. The Morgan fingerprint density at radius 3 is 2.74 bits per heavy atom. The lowest BCUT2D eigenvalue weighted by Crippen LogP contribution is -2.38. The van der Waals surface area contributed by atoms with Crippen LogP contribution in [0.5, 0.6) is 0 Å². The Morgan fingerprint density at radius 1 is 1.07 bits per heavy atom. The van der Waals surface area contributed by atoms with Crippen molar-refractivity contribution in [2.24, 2.45) is 4.99 Å². The van der Waals surface area contributed by atoms with E-state index in [2.05, 4.69) is 70.1 Å². The monoisotopic (exact) mass is 477 g/mol. The summed E-state index contributed by atoms with van der Waals surface area (Å²) in [7, 11) is 0. The molecule has 5 nitrogen and oxygen atoms in total. The van der Waals surface area contributed by atoms with E-state index in [-0.39, 0.29) is 24.0 Å². The van der Waals surface area contributed by atoms with Crippen molar-refractivity contribution in [1.29, 1.82) is 0 Å². The molecule has 2 N–H and O–H groups in total. The first kappa shape index (κ1) is 21.2. The molecule has 0 amide bonds. The molecule has 0 aliphatic carbocycles. The van der Waals surface area contributed by atoms with E-state index in [1.165, 1.54) is 16.3 Å². The van der Waals surface area contributed by atoms with Crippen LogP contribution in [0.1, 0.15) is 18.9 Å². The SMILES string of the molecule is CCNC(=NCCCn1cccn1)NCCc1cccc2ccccc12.I. The number of rotatable bonds is 8. The zero-order chi connectivity index (χ0) is 18.0. The van der Waals surface area contributed by atoms with E-state index in [1.807, 2.05) is 23.1 Å². The van der Waals surface area contributed by atoms with Gasteiger partial charge in [-0.05, 0) is 42.2 Å². The highest BCUT2D eigenvalue weighted by atomic mass is 127. The molecule has 3 rings (SSSR count). The molecule has 27 heavy (non-hydrogen) atoms. The number of guanidine groups is 1. The molecule has 1 aromatic heterocycles. The topological polar surface area (TPSA) is 54.2 Å². The van der Waals surface area contributed by atoms with Gasteiger partial charge in [0.05, 0.1) is 0 Å². The Bertz CT molecular complexity index is 824. The fourth-order valence-electron chi connectivity index (χ4n) is 3.02. The highest BCUT2D eigenvalue weighted by Crippen LogP contribution is 2.18. The standard InChI is InChI=1S/C21H27N5.HI/c1-2-22-21(23-13-6-16-26-17-7-14-25-26)24-15-12-19-10-5-9-18-8-3-4-11-20(18)19;/h3-5,7-11,14,17H,2,6,12-13,15-16H2,1H3,(H2,22,23,24);1H. The Morgan fingerprint density at radius 2 is 1.93 bits per heavy atom. The Balaban J connectivity index is 0.00000261. The molecule has 0 aliphatic rings. The number of fused-ring (bicyclic) bond motifs is 1. The number of aryl methyl sites for hydroxylation is 1. The minimum absolute atomic E-state index is 0. The molecule has 0 atom stereocenters. The zero-order valence-corrected chi connectivity index (χ0v) is 18.1. The predicted octanol–water partition coefficient (Wildman–Crippen LogP) is 3.84. The van der Waals surface area contributed by atoms with Crippen molar-refractivity contribution < 1.29 is 0 Å². The lowest BCUT2D eigenvalue weighted by Gasteiger charge is -2.12. The third-order valence-electron chi connectivity index (χ3n) is 4.29. The van der Waals surface area contributed by atoms with Gasteiger partial charge in [0.15, 0.2) is 5.96 Å². The van der Waals surface area contributed by atoms with Crippen LogP contribution in [-0.4, -0.2) is 35.4 Å². The lowest BCUT2D eigenvalue weighted by atomic mass is 10.0. The molecule has 0 saturated carbocycles. The van der Waals surface area contributed by atoms with Crippen LogP contribution in [0.25, 0.3) is 10.8 Å². The maximum Gasteiger partial charge on any atom is 0.191 e. The molecular weight excluding hydrogens is 449 g/mol. The maximum absolute atomic E-state index is 4.66. The first-order valence-electron chi connectivity index (χ1n) is 9.33. The molecule has 1 heterocycles. The van der Waals surface area contributed by atoms with Crippen molar-refractivity contribution >= 4 is 40.7 Å². The molecular formula is C21H28IN5. The second-order valence-electron chi connectivity index (χ2n) is 6.20. The van der Waals surface area contributed by atoms with Crippen LogP contribution in [0, 0.1) is 0 Å². The summed E-state index contributed by atoms with van der Waals surface area (Å²) in [6.45, 7) is 5.49. The van der Waals surface area contributed by atoms with Gasteiger partial charge < -0.3 is 10.6 Å². The molecule has 3 aromatic rings. The molecule has 0 spiro atoms. The van der Waals surface area contributed by atoms with Crippen LogP contribution in [0.4, 0.5) is 0 Å². The number of hydrogen-bond acceptors (Lipinski definition) is 2. The van der Waals surface area contributed by atoms with E-state index >= 15 is 0 Å². The van der Waals surface area contributed by atoms with Crippen molar-refractivity contribution in [1.82, 2.24) is 20.4 Å². The largest absolute Gasteiger partial charge is 0.357 e. The molecule has 6 heteroatoms. The Hall–Kier alpha value is -2.09. The van der Waals surface area contributed by atoms with Crippen LogP contribution < -0.4 is 10.6 Å². The third-order valence-corrected chi connectivity index (χ3v) is 4.29. The zero-order valence-electron chi connectivity index (χ0n) is 15.8. The minimum atomic E-state index is 0. The van der Waals surface area contributed by atoms with Gasteiger partial charge in [-0.2, -0.15) is 5.10 Å². The summed E-state index contributed by atoms with van der Waals surface area (Å²) in [5, 5.41) is 13.6. The van der Waals surface area contributed by atoms with Crippen LogP contribution in [-0.2, 0) is 13.0 Å². The van der Waals surface area contributed by atoms with Gasteiger partial charge in [-0.25, -0.2) is 0 Å². The fourth-order valence-corrected chi connectivity index (χ4v) is 3.02. The average molecular weight is 477 g/mol. The average Bonchev–Trinajstić information content (AvgIpc) is 3.19. The maximum atomic E-state index is 4.66. The van der Waals surface area contributed by atoms with E-state index in [9.17, 15) is 0 Å². The van der Waals surface area contributed by atoms with Gasteiger partial charge in [0, 0.05) is 38.6 Å². The van der Waals surface area contributed by atoms with E-state index in [4.69, 9.17) is 0 Å². The van der Waals surface area contributed by atoms with Crippen molar-refractivity contribution in [3.05, 3.63) is 66.5 Å². The normalized spacial score (nSPS) is 11.2. The van der Waals surface area contributed by atoms with E-state index in [0.717, 1.165) is 45.0 Å². The van der Waals surface area contributed by atoms with Gasteiger partial charge in [0.25, 0.3) is 0 Å². The minimum Gasteiger partial charge on any atom is -0.357 e. The first-order valence-corrected chi connectivity index (χ1v) is 9.33. The highest BCUT2D eigenvalue weighted by molar-refractivity contribution is 14.0. The van der Waals surface area contributed by atoms with Gasteiger partial charge in [0.1, 0.15) is 0 Å². The summed E-state index contributed by atoms with van der Waals surface area (Å²) in [5.74, 6) is 0.883. The Labute approximate surface area is 178 Å². The third kappa shape index (κ3) is 6.53. The molecule has 0 radical (unpaired) electrons. The molecule has 0 unspecified atom stereocenters. The Kier molecular flexibility index (Phi) is 9.10. The van der Waals surface area contributed by atoms with Crippen molar-refractivity contribution in [3.63, 3.8) is 0 Å². The van der Waals surface area contributed by atoms with Crippen molar-refractivity contribution in [2.75, 3.05) is 19.6 Å². The van der Waals surface area contributed by atoms with E-state index < -0.39 is 0 Å². The summed E-state index contributed by atoms with van der Waals surface area (Å²) < 4.78 is 1.94. The predicted molar refractivity (Wildman–Crippen MR) is 124 cm³/mol. The summed E-state index contributed by atoms with van der Waals surface area (Å²) in [5.41, 5.74) is 1.37. The highest BCUT2D eigenvalue weighted by Gasteiger charge is 2.02. The van der Waals surface area contributed by atoms with Crippen LogP contribution in [0.3, 0.4) is 0 Å². The van der Waals surface area contributed by atoms with Crippen LogP contribution >= 0.6 is 24.0 Å². The van der Waals surface area contributed by atoms with Gasteiger partial charge in [-0.3, -0.25) is 9.67 Å². The number of halogens is 1. The number of nitrogens with one attached hydrogen (secondary N) is 2. The number of nitrogens with zero attached hydrogens (tertiary/aromatic N) is 3. The smallest absolute Gasteiger partial charge is 0.191 e. The fraction of sp³-hybridized carbons (Fsp3) is 0.333. The first-order chi connectivity index (χ1) is 12.9. The second-order valence-corrected chi connectivity index (χ2v) is 6.20. The number of hydrogen-bond donors (Lipinski definition) is 2. The molecule has 0 bridgehead atoms. The van der Waals surface area contributed by atoms with Gasteiger partial charge >= 0.3 is 0 Å². The number of benzene rings is 2. The van der Waals surface area contributed by atoms with E-state index in [1.54, 1.807) is 0 Å². The molecule has 0 aliphatic heterocycles. The van der Waals surface area contributed by atoms with E-state index in [0.29, 0.717) is 0 Å². The molecule has 0 fully saturated rings. The quantitative estimate of drug-likeness (QED) is 0.224. The van der Waals surface area contributed by atoms with Gasteiger partial charge in [-0.15, -0.1) is 24.0 Å². The summed E-state index contributed by atoms with van der Waals surface area (Å²) >= 11 is 0. The summed E-state index contributed by atoms with van der Waals surface area (Å²) in [6, 6.07) is 17.0. The summed E-state index contributed by atoms with van der Waals surface area (Å²) in [4.78, 5) is 4.66. The molecule has 0 saturated heterocycles. The van der Waals surface area contributed by atoms with Crippen molar-refractivity contribution in [2.45, 2.75) is 26.3 Å². The van der Waals surface area contributed by atoms with Crippen LogP contribution in [0.15, 0.2) is 65.9 Å². The number of aliphatic imine (C=N–C) groups is 1. The van der Waals surface area contributed by atoms with Gasteiger partial charge in [-0.1, -0.05) is 42.5 Å². The van der Waals surface area contributed by atoms with Crippen molar-refractivity contribution in [3.8, 4) is 0 Å². The van der Waals surface area contributed by atoms with Gasteiger partial charge in [0.2, 0.25) is 0 Å². The lowest BCUT2D eigenvalue weighted by molar-refractivity contribution is 0.584. The number of aromatic nitrogens is 2. The molecule has 2 aromatic carbocycles. The second kappa shape index (κ2) is 11.6. The molecule has 144 valence electrons. The van der Waals surface area contributed by atoms with Crippen LogP contribution in [0.2, 0.25) is 0 Å².